The summed E-state index contributed by atoms with van der Waals surface area (Å²) in [6.07, 6.45) is 4.18. The Labute approximate surface area is 150 Å². The lowest BCUT2D eigenvalue weighted by molar-refractivity contribution is 0.262. The highest BCUT2D eigenvalue weighted by Crippen LogP contribution is 2.26. The van der Waals surface area contributed by atoms with Gasteiger partial charge in [-0.2, -0.15) is 21.3 Å². The van der Waals surface area contributed by atoms with Gasteiger partial charge in [-0.05, 0) is 48.9 Å². The van der Waals surface area contributed by atoms with Gasteiger partial charge in [-0.1, -0.05) is 6.07 Å². The maximum Gasteiger partial charge on any atom is 0.281 e. The smallest absolute Gasteiger partial charge is 0.207 e. The van der Waals surface area contributed by atoms with Crippen LogP contribution in [0.15, 0.2) is 23.1 Å². The van der Waals surface area contributed by atoms with Crippen LogP contribution in [0.5, 0.6) is 0 Å². The summed E-state index contributed by atoms with van der Waals surface area (Å²) in [5, 5.41) is 0. The van der Waals surface area contributed by atoms with Crippen LogP contribution in [-0.2, 0) is 33.1 Å². The minimum atomic E-state index is -3.59. The Hall–Kier alpha value is -1.00. The topological polar surface area (TPSA) is 78.0 Å². The van der Waals surface area contributed by atoms with Crippen molar-refractivity contribution in [2.24, 2.45) is 0 Å². The van der Waals surface area contributed by atoms with E-state index in [1.54, 1.807) is 12.1 Å². The van der Waals surface area contributed by atoms with E-state index in [-0.39, 0.29) is 26.2 Å². The van der Waals surface area contributed by atoms with E-state index in [9.17, 15) is 16.8 Å². The van der Waals surface area contributed by atoms with Gasteiger partial charge in [-0.3, -0.25) is 0 Å². The predicted molar refractivity (Wildman–Crippen MR) is 96.0 cm³/mol. The quantitative estimate of drug-likeness (QED) is 0.761. The highest BCUT2D eigenvalue weighted by molar-refractivity contribution is 7.89. The molecule has 0 N–H and O–H groups in total. The molecular weight excluding hydrogens is 362 g/mol. The average Bonchev–Trinajstić information content (AvgIpc) is 2.61. The highest BCUT2D eigenvalue weighted by Gasteiger charge is 2.34. The first kappa shape index (κ1) is 18.8. The third kappa shape index (κ3) is 3.61. The van der Waals surface area contributed by atoms with Gasteiger partial charge in [0.1, 0.15) is 0 Å². The van der Waals surface area contributed by atoms with E-state index in [4.69, 9.17) is 0 Å². The molecular formula is C16H25N3O4S2. The lowest BCUT2D eigenvalue weighted by Gasteiger charge is -2.34. The zero-order chi connectivity index (χ0) is 18.2. The van der Waals surface area contributed by atoms with Crippen LogP contribution < -0.4 is 0 Å². The third-order valence-electron chi connectivity index (χ3n) is 4.94. The molecule has 140 valence electrons. The molecule has 1 saturated heterocycles. The van der Waals surface area contributed by atoms with Crippen molar-refractivity contribution in [3.63, 3.8) is 0 Å². The average molecular weight is 388 g/mol. The molecule has 1 aromatic carbocycles. The van der Waals surface area contributed by atoms with Gasteiger partial charge >= 0.3 is 0 Å². The van der Waals surface area contributed by atoms with Gasteiger partial charge in [-0.25, -0.2) is 8.42 Å². The molecule has 25 heavy (non-hydrogen) atoms. The fourth-order valence-corrected chi connectivity index (χ4v) is 5.95. The van der Waals surface area contributed by atoms with Crippen LogP contribution in [0.2, 0.25) is 0 Å². The number of piperazine rings is 1. The van der Waals surface area contributed by atoms with Crippen molar-refractivity contribution in [3.05, 3.63) is 29.3 Å². The number of nitrogens with zero attached hydrogens (tertiary/aromatic N) is 3. The fraction of sp³-hybridized carbons (Fsp3) is 0.625. The molecule has 0 amide bonds. The first-order valence-electron chi connectivity index (χ1n) is 8.52. The van der Waals surface area contributed by atoms with Crippen LogP contribution in [0.3, 0.4) is 0 Å². The van der Waals surface area contributed by atoms with Crippen molar-refractivity contribution in [1.82, 2.24) is 12.9 Å². The van der Waals surface area contributed by atoms with Gasteiger partial charge in [0.15, 0.2) is 0 Å². The second-order valence-electron chi connectivity index (χ2n) is 6.73. The SMILES string of the molecule is CN(C)S(=O)(=O)N1CCN(S(=O)(=O)c2ccc3c(c2)CCCC3)CC1. The Bertz CT molecular complexity index is 842. The molecule has 0 spiro atoms. The summed E-state index contributed by atoms with van der Waals surface area (Å²) in [5.41, 5.74) is 2.37. The maximum atomic E-state index is 12.9. The number of benzene rings is 1. The molecule has 1 aliphatic carbocycles. The van der Waals surface area contributed by atoms with E-state index >= 15 is 0 Å². The maximum absolute atomic E-state index is 12.9. The Kier molecular flexibility index (Phi) is 5.23. The number of rotatable bonds is 4. The largest absolute Gasteiger partial charge is 0.281 e. The van der Waals surface area contributed by atoms with Crippen molar-refractivity contribution in [1.29, 1.82) is 0 Å². The van der Waals surface area contributed by atoms with Crippen molar-refractivity contribution < 1.29 is 16.8 Å². The molecule has 1 aliphatic heterocycles. The molecule has 0 unspecified atom stereocenters. The molecule has 0 saturated carbocycles. The second kappa shape index (κ2) is 6.96. The molecule has 3 rings (SSSR count). The number of hydrogen-bond donors (Lipinski definition) is 0. The highest BCUT2D eigenvalue weighted by atomic mass is 32.2. The number of aryl methyl sites for hydroxylation is 2. The number of sulfonamides is 1. The zero-order valence-corrected chi connectivity index (χ0v) is 16.3. The summed E-state index contributed by atoms with van der Waals surface area (Å²) in [6, 6.07) is 5.41. The molecule has 1 fully saturated rings. The Morgan fingerprint density at radius 1 is 0.840 bits per heavy atom. The molecule has 0 radical (unpaired) electrons. The van der Waals surface area contributed by atoms with Crippen LogP contribution in [-0.4, -0.2) is 70.0 Å². The minimum absolute atomic E-state index is 0.171. The lowest BCUT2D eigenvalue weighted by Crippen LogP contribution is -2.52. The molecule has 0 bridgehead atoms. The van der Waals surface area contributed by atoms with Crippen molar-refractivity contribution in [2.75, 3.05) is 40.3 Å². The van der Waals surface area contributed by atoms with E-state index in [1.807, 2.05) is 6.07 Å². The second-order valence-corrected chi connectivity index (χ2v) is 10.8. The van der Waals surface area contributed by atoms with Gasteiger partial charge in [-0.15, -0.1) is 0 Å². The lowest BCUT2D eigenvalue weighted by atomic mass is 9.92. The summed E-state index contributed by atoms with van der Waals surface area (Å²) in [4.78, 5) is 0.317. The molecule has 7 nitrogen and oxygen atoms in total. The van der Waals surface area contributed by atoms with Crippen LogP contribution >= 0.6 is 0 Å². The molecule has 0 aromatic heterocycles. The molecule has 0 atom stereocenters. The van der Waals surface area contributed by atoms with Crippen LogP contribution in [0.4, 0.5) is 0 Å². The summed E-state index contributed by atoms with van der Waals surface area (Å²) < 4.78 is 54.0. The van der Waals surface area contributed by atoms with Gasteiger partial charge < -0.3 is 0 Å². The van der Waals surface area contributed by atoms with Crippen molar-refractivity contribution in [3.8, 4) is 0 Å². The van der Waals surface area contributed by atoms with E-state index in [0.29, 0.717) is 4.90 Å². The summed E-state index contributed by atoms with van der Waals surface area (Å²) in [5.74, 6) is 0. The van der Waals surface area contributed by atoms with Crippen LogP contribution in [0, 0.1) is 0 Å². The summed E-state index contributed by atoms with van der Waals surface area (Å²) in [6.45, 7) is 0.689. The van der Waals surface area contributed by atoms with E-state index in [1.165, 1.54) is 28.3 Å². The van der Waals surface area contributed by atoms with Crippen molar-refractivity contribution >= 4 is 20.2 Å². The molecule has 9 heteroatoms. The van der Waals surface area contributed by atoms with Gasteiger partial charge in [0, 0.05) is 40.3 Å². The van der Waals surface area contributed by atoms with Gasteiger partial charge in [0.05, 0.1) is 4.90 Å². The summed E-state index contributed by atoms with van der Waals surface area (Å²) in [7, 11) is -4.13. The van der Waals surface area contributed by atoms with Gasteiger partial charge in [0.25, 0.3) is 10.2 Å². The first-order valence-corrected chi connectivity index (χ1v) is 11.4. The van der Waals surface area contributed by atoms with E-state index < -0.39 is 20.2 Å². The van der Waals surface area contributed by atoms with E-state index in [0.717, 1.165) is 35.6 Å². The molecule has 2 aliphatic rings. The standard InChI is InChI=1S/C16H25N3O4S2/c1-17(2)25(22,23)19-11-9-18(10-12-19)24(20,21)16-8-7-14-5-3-4-6-15(14)13-16/h7-8,13H,3-6,9-12H2,1-2H3. The Morgan fingerprint density at radius 3 is 2.00 bits per heavy atom. The molecule has 1 heterocycles. The first-order chi connectivity index (χ1) is 11.7. The van der Waals surface area contributed by atoms with Crippen LogP contribution in [0.1, 0.15) is 24.0 Å². The summed E-state index contributed by atoms with van der Waals surface area (Å²) >= 11 is 0. The zero-order valence-electron chi connectivity index (χ0n) is 14.7. The van der Waals surface area contributed by atoms with Crippen molar-refractivity contribution in [2.45, 2.75) is 30.6 Å². The number of hydrogen-bond acceptors (Lipinski definition) is 4. The number of fused-ring (bicyclic) bond motifs is 1. The van der Waals surface area contributed by atoms with Gasteiger partial charge in [0.2, 0.25) is 10.0 Å². The molecule has 1 aromatic rings. The minimum Gasteiger partial charge on any atom is -0.207 e. The van der Waals surface area contributed by atoms with Crippen LogP contribution in [0.25, 0.3) is 0 Å². The third-order valence-corrected chi connectivity index (χ3v) is 8.78. The fourth-order valence-electron chi connectivity index (χ4n) is 3.39. The predicted octanol–water partition coefficient (Wildman–Crippen LogP) is 0.678. The Morgan fingerprint density at radius 2 is 1.40 bits per heavy atom. The van der Waals surface area contributed by atoms with E-state index in [2.05, 4.69) is 0 Å². The Balaban J connectivity index is 1.76. The normalized spacial score (nSPS) is 20.6. The monoisotopic (exact) mass is 387 g/mol.